The van der Waals surface area contributed by atoms with Crippen LogP contribution in [0.1, 0.15) is 32.6 Å². The van der Waals surface area contributed by atoms with Crippen LogP contribution in [-0.4, -0.2) is 49.4 Å². The molecule has 1 unspecified atom stereocenters. The van der Waals surface area contributed by atoms with Crippen LogP contribution in [0.2, 0.25) is 0 Å². The second-order valence-electron chi connectivity index (χ2n) is 4.88. The predicted molar refractivity (Wildman–Crippen MR) is 66.6 cm³/mol. The van der Waals surface area contributed by atoms with Gasteiger partial charge in [-0.15, -0.1) is 0 Å². The van der Waals surface area contributed by atoms with E-state index < -0.39 is 0 Å². The second-order valence-corrected chi connectivity index (χ2v) is 4.88. The van der Waals surface area contributed by atoms with Gasteiger partial charge in [-0.25, -0.2) is 0 Å². The molecule has 98 valence electrons. The van der Waals surface area contributed by atoms with E-state index in [1.54, 1.807) is 21.0 Å². The zero-order valence-corrected chi connectivity index (χ0v) is 11.0. The molecule has 0 aromatic carbocycles. The van der Waals surface area contributed by atoms with E-state index in [4.69, 9.17) is 0 Å². The van der Waals surface area contributed by atoms with Gasteiger partial charge in [0.2, 0.25) is 11.8 Å². The summed E-state index contributed by atoms with van der Waals surface area (Å²) < 4.78 is 0. The number of hydrogen-bond donors (Lipinski definition) is 2. The Labute approximate surface area is 103 Å². The lowest BCUT2D eigenvalue weighted by Gasteiger charge is -2.18. The Kier molecular flexibility index (Phi) is 5.41. The highest BCUT2D eigenvalue weighted by Gasteiger charge is 2.20. The normalized spacial score (nSPS) is 17.8. The molecular formula is C12H23N3O2. The minimum Gasteiger partial charge on any atom is -0.352 e. The fourth-order valence-electron chi connectivity index (χ4n) is 1.89. The molecule has 0 aromatic rings. The van der Waals surface area contributed by atoms with E-state index in [1.165, 1.54) is 17.7 Å². The molecule has 0 heterocycles. The first-order valence-electron chi connectivity index (χ1n) is 6.24. The van der Waals surface area contributed by atoms with E-state index in [0.29, 0.717) is 6.04 Å². The van der Waals surface area contributed by atoms with Crippen LogP contribution >= 0.6 is 0 Å². The first kappa shape index (κ1) is 14.0. The van der Waals surface area contributed by atoms with Gasteiger partial charge in [-0.3, -0.25) is 14.9 Å². The lowest BCUT2D eigenvalue weighted by Crippen LogP contribution is -2.48. The Balaban J connectivity index is 2.24. The van der Waals surface area contributed by atoms with E-state index in [-0.39, 0.29) is 24.4 Å². The summed E-state index contributed by atoms with van der Waals surface area (Å²) in [6.45, 7) is 1.99. The zero-order chi connectivity index (χ0) is 12.8. The summed E-state index contributed by atoms with van der Waals surface area (Å²) in [6.07, 6.45) is 4.56. The van der Waals surface area contributed by atoms with Crippen LogP contribution in [0.3, 0.4) is 0 Å². The number of rotatable bonds is 5. The highest BCUT2D eigenvalue weighted by atomic mass is 16.2. The monoisotopic (exact) mass is 241 g/mol. The van der Waals surface area contributed by atoms with Crippen molar-refractivity contribution in [3.63, 3.8) is 0 Å². The van der Waals surface area contributed by atoms with Crippen molar-refractivity contribution in [3.8, 4) is 0 Å². The third kappa shape index (κ3) is 4.73. The summed E-state index contributed by atoms with van der Waals surface area (Å²) in [5, 5.41) is 5.94. The Morgan fingerprint density at radius 3 is 2.41 bits per heavy atom. The van der Waals surface area contributed by atoms with Gasteiger partial charge >= 0.3 is 0 Å². The maximum absolute atomic E-state index is 11.8. The summed E-state index contributed by atoms with van der Waals surface area (Å²) >= 11 is 0. The van der Waals surface area contributed by atoms with Gasteiger partial charge in [0.15, 0.2) is 0 Å². The molecule has 5 heteroatoms. The lowest BCUT2D eigenvalue weighted by molar-refractivity contribution is -0.128. The van der Waals surface area contributed by atoms with Crippen molar-refractivity contribution in [2.45, 2.75) is 44.7 Å². The first-order chi connectivity index (χ1) is 8.00. The lowest BCUT2D eigenvalue weighted by atomic mass is 10.2. The molecule has 1 saturated carbocycles. The Morgan fingerprint density at radius 2 is 1.88 bits per heavy atom. The van der Waals surface area contributed by atoms with Crippen molar-refractivity contribution in [1.82, 2.24) is 15.5 Å². The van der Waals surface area contributed by atoms with Gasteiger partial charge in [0.1, 0.15) is 0 Å². The van der Waals surface area contributed by atoms with Gasteiger partial charge in [-0.2, -0.15) is 0 Å². The fraction of sp³-hybridized carbons (Fsp3) is 0.833. The van der Waals surface area contributed by atoms with E-state index >= 15 is 0 Å². The van der Waals surface area contributed by atoms with E-state index in [2.05, 4.69) is 10.6 Å². The van der Waals surface area contributed by atoms with Crippen LogP contribution in [0.15, 0.2) is 0 Å². The quantitative estimate of drug-likeness (QED) is 0.718. The van der Waals surface area contributed by atoms with E-state index in [0.717, 1.165) is 12.8 Å². The first-order valence-corrected chi connectivity index (χ1v) is 6.24. The molecule has 2 amide bonds. The van der Waals surface area contributed by atoms with Crippen molar-refractivity contribution in [2.75, 3.05) is 20.6 Å². The molecule has 1 aliphatic carbocycles. The van der Waals surface area contributed by atoms with Gasteiger partial charge in [0.05, 0.1) is 12.6 Å². The summed E-state index contributed by atoms with van der Waals surface area (Å²) in [5.41, 5.74) is 0. The van der Waals surface area contributed by atoms with Crippen LogP contribution in [0.4, 0.5) is 0 Å². The van der Waals surface area contributed by atoms with Gasteiger partial charge in [0, 0.05) is 20.1 Å². The van der Waals surface area contributed by atoms with E-state index in [1.807, 2.05) is 0 Å². The molecule has 0 spiro atoms. The van der Waals surface area contributed by atoms with E-state index in [9.17, 15) is 9.59 Å². The topological polar surface area (TPSA) is 61.4 Å². The number of carbonyl (C=O) groups excluding carboxylic acids is 2. The standard InChI is InChI=1S/C12H23N3O2/c1-9(13-8-11(16)15(2)3)12(17)14-10-6-4-5-7-10/h9-10,13H,4-8H2,1-3H3,(H,14,17). The van der Waals surface area contributed by atoms with Gasteiger partial charge in [-0.1, -0.05) is 12.8 Å². The van der Waals surface area contributed by atoms with Crippen LogP contribution in [0, 0.1) is 0 Å². The minimum atomic E-state index is -0.320. The number of hydrogen-bond acceptors (Lipinski definition) is 3. The second kappa shape index (κ2) is 6.59. The van der Waals surface area contributed by atoms with Crippen LogP contribution < -0.4 is 10.6 Å². The molecule has 5 nitrogen and oxygen atoms in total. The van der Waals surface area contributed by atoms with Gasteiger partial charge in [-0.05, 0) is 19.8 Å². The molecule has 0 aromatic heterocycles. The molecule has 0 bridgehead atoms. The maximum atomic E-state index is 11.8. The van der Waals surface area contributed by atoms with Gasteiger partial charge < -0.3 is 10.2 Å². The number of nitrogens with one attached hydrogen (secondary N) is 2. The SMILES string of the molecule is CC(NCC(=O)N(C)C)C(=O)NC1CCCC1. The molecule has 1 rings (SSSR count). The fourth-order valence-corrected chi connectivity index (χ4v) is 1.89. The minimum absolute atomic E-state index is 0.0107. The summed E-state index contributed by atoms with van der Waals surface area (Å²) in [4.78, 5) is 24.6. The Bertz CT molecular complexity index is 273. The predicted octanol–water partition coefficient (Wildman–Crippen LogP) is 0.112. The third-order valence-electron chi connectivity index (χ3n) is 3.15. The van der Waals surface area contributed by atoms with Crippen molar-refractivity contribution >= 4 is 11.8 Å². The number of likely N-dealkylation sites (N-methyl/N-ethyl adjacent to an activating group) is 1. The Morgan fingerprint density at radius 1 is 1.29 bits per heavy atom. The van der Waals surface area contributed by atoms with Crippen molar-refractivity contribution < 1.29 is 9.59 Å². The molecule has 1 aliphatic rings. The van der Waals surface area contributed by atoms with Crippen LogP contribution in [0.5, 0.6) is 0 Å². The maximum Gasteiger partial charge on any atom is 0.237 e. The van der Waals surface area contributed by atoms with Crippen molar-refractivity contribution in [1.29, 1.82) is 0 Å². The van der Waals surface area contributed by atoms with Crippen molar-refractivity contribution in [3.05, 3.63) is 0 Å². The van der Waals surface area contributed by atoms with Crippen LogP contribution in [0.25, 0.3) is 0 Å². The molecule has 1 atom stereocenters. The number of nitrogens with zero attached hydrogens (tertiary/aromatic N) is 1. The largest absolute Gasteiger partial charge is 0.352 e. The molecule has 2 N–H and O–H groups in total. The average Bonchev–Trinajstić information content (AvgIpc) is 2.77. The number of carbonyl (C=O) groups is 2. The van der Waals surface area contributed by atoms with Gasteiger partial charge in [0.25, 0.3) is 0 Å². The highest BCUT2D eigenvalue weighted by Crippen LogP contribution is 2.17. The Hall–Kier alpha value is -1.10. The molecule has 0 saturated heterocycles. The highest BCUT2D eigenvalue weighted by molar-refractivity contribution is 5.83. The number of amides is 2. The smallest absolute Gasteiger partial charge is 0.237 e. The molecular weight excluding hydrogens is 218 g/mol. The summed E-state index contributed by atoms with van der Waals surface area (Å²) in [6, 6.07) is 0.0100. The van der Waals surface area contributed by atoms with Crippen molar-refractivity contribution in [2.24, 2.45) is 0 Å². The summed E-state index contributed by atoms with van der Waals surface area (Å²) in [5.74, 6) is -0.0334. The summed E-state index contributed by atoms with van der Waals surface area (Å²) in [7, 11) is 3.40. The molecule has 0 aliphatic heterocycles. The third-order valence-corrected chi connectivity index (χ3v) is 3.15. The average molecular weight is 241 g/mol. The van der Waals surface area contributed by atoms with Crippen LogP contribution in [-0.2, 0) is 9.59 Å². The molecule has 0 radical (unpaired) electrons. The zero-order valence-electron chi connectivity index (χ0n) is 11.0. The molecule has 17 heavy (non-hydrogen) atoms. The molecule has 1 fully saturated rings.